The fourth-order valence-corrected chi connectivity index (χ4v) is 5.06. The Labute approximate surface area is 172 Å². The van der Waals surface area contributed by atoms with Crippen molar-refractivity contribution < 1.29 is 9.59 Å². The van der Waals surface area contributed by atoms with Crippen LogP contribution in [0.2, 0.25) is 0 Å². The van der Waals surface area contributed by atoms with Crippen LogP contribution in [0.1, 0.15) is 31.7 Å². The molecule has 6 heteroatoms. The predicted molar refractivity (Wildman–Crippen MR) is 117 cm³/mol. The number of nitrogens with one attached hydrogen (secondary N) is 1. The molecule has 1 saturated heterocycles. The molecule has 142 valence electrons. The molecule has 0 aliphatic carbocycles. The molecule has 1 N–H and O–H groups in total. The number of anilines is 2. The van der Waals surface area contributed by atoms with Gasteiger partial charge in [0.1, 0.15) is 5.37 Å². The smallest absolute Gasteiger partial charge is 0.265 e. The summed E-state index contributed by atoms with van der Waals surface area (Å²) < 4.78 is 0. The Bertz CT molecular complexity index is 1030. The van der Waals surface area contributed by atoms with Gasteiger partial charge in [-0.1, -0.05) is 30.3 Å². The molecule has 0 spiro atoms. The van der Waals surface area contributed by atoms with Crippen LogP contribution in [-0.4, -0.2) is 17.6 Å². The summed E-state index contributed by atoms with van der Waals surface area (Å²) in [7, 11) is 0. The van der Waals surface area contributed by atoms with Gasteiger partial charge in [-0.05, 0) is 54.6 Å². The zero-order valence-corrected chi connectivity index (χ0v) is 17.3. The van der Waals surface area contributed by atoms with E-state index >= 15 is 0 Å². The summed E-state index contributed by atoms with van der Waals surface area (Å²) >= 11 is 2.99. The Morgan fingerprint density at radius 2 is 1.89 bits per heavy atom. The van der Waals surface area contributed by atoms with Crippen molar-refractivity contribution in [3.8, 4) is 0 Å². The van der Waals surface area contributed by atoms with Crippen molar-refractivity contribution in [1.82, 2.24) is 0 Å². The lowest BCUT2D eigenvalue weighted by molar-refractivity contribution is -0.115. The molecule has 2 amide bonds. The molecule has 1 fully saturated rings. The van der Waals surface area contributed by atoms with E-state index in [0.717, 1.165) is 22.5 Å². The molecule has 2 aromatic carbocycles. The number of hydrogen-bond acceptors (Lipinski definition) is 4. The number of hydrogen-bond donors (Lipinski definition) is 1. The lowest BCUT2D eigenvalue weighted by Crippen LogP contribution is -2.28. The second-order valence-corrected chi connectivity index (χ2v) is 8.73. The van der Waals surface area contributed by atoms with Crippen LogP contribution in [0.5, 0.6) is 0 Å². The fourth-order valence-electron chi connectivity index (χ4n) is 3.23. The highest BCUT2D eigenvalue weighted by atomic mass is 32.2. The summed E-state index contributed by atoms with van der Waals surface area (Å²) in [5.74, 6) is 0.372. The van der Waals surface area contributed by atoms with Crippen molar-refractivity contribution in [2.24, 2.45) is 0 Å². The molecule has 0 radical (unpaired) electrons. The van der Waals surface area contributed by atoms with Gasteiger partial charge in [0.25, 0.3) is 5.91 Å². The average Bonchev–Trinajstić information content (AvgIpc) is 3.35. The largest absolute Gasteiger partial charge is 0.321 e. The van der Waals surface area contributed by atoms with Crippen LogP contribution in [0, 0.1) is 13.8 Å². The SMILES string of the molecule is Cc1ccc(N2C(=O)CS[C@H]2c2ccccc2NC(=O)c2cccs2)cc1C. The number of carbonyl (C=O) groups is 2. The number of rotatable bonds is 4. The quantitative estimate of drug-likeness (QED) is 0.629. The van der Waals surface area contributed by atoms with Gasteiger partial charge < -0.3 is 5.32 Å². The number of carbonyl (C=O) groups excluding carboxylic acids is 2. The van der Waals surface area contributed by atoms with Gasteiger partial charge >= 0.3 is 0 Å². The van der Waals surface area contributed by atoms with Gasteiger partial charge in [0, 0.05) is 16.9 Å². The third-order valence-electron chi connectivity index (χ3n) is 4.86. The molecule has 3 aromatic rings. The van der Waals surface area contributed by atoms with Crippen molar-refractivity contribution in [3.05, 3.63) is 81.5 Å². The third kappa shape index (κ3) is 3.57. The summed E-state index contributed by atoms with van der Waals surface area (Å²) in [5.41, 5.74) is 4.91. The summed E-state index contributed by atoms with van der Waals surface area (Å²) in [6.45, 7) is 4.11. The number of thioether (sulfide) groups is 1. The van der Waals surface area contributed by atoms with Gasteiger partial charge in [-0.25, -0.2) is 0 Å². The Hall–Kier alpha value is -2.57. The van der Waals surface area contributed by atoms with Crippen molar-refractivity contribution >= 4 is 46.3 Å². The van der Waals surface area contributed by atoms with Crippen molar-refractivity contribution in [2.45, 2.75) is 19.2 Å². The first kappa shape index (κ1) is 18.8. The number of amides is 2. The minimum Gasteiger partial charge on any atom is -0.321 e. The molecule has 1 aliphatic rings. The second kappa shape index (κ2) is 7.81. The highest BCUT2D eigenvalue weighted by molar-refractivity contribution is 8.00. The van der Waals surface area contributed by atoms with Gasteiger partial charge in [-0.2, -0.15) is 0 Å². The molecular formula is C22H20N2O2S2. The van der Waals surface area contributed by atoms with Gasteiger partial charge in [0.05, 0.1) is 10.6 Å². The fraction of sp³-hybridized carbons (Fsp3) is 0.182. The average molecular weight is 409 g/mol. The van der Waals surface area contributed by atoms with Gasteiger partial charge in [0.15, 0.2) is 0 Å². The van der Waals surface area contributed by atoms with E-state index in [4.69, 9.17) is 0 Å². The lowest BCUT2D eigenvalue weighted by atomic mass is 10.1. The Morgan fingerprint density at radius 1 is 1.07 bits per heavy atom. The number of benzene rings is 2. The maximum absolute atomic E-state index is 12.7. The van der Waals surface area contributed by atoms with Crippen LogP contribution in [0.3, 0.4) is 0 Å². The van der Waals surface area contributed by atoms with Crippen LogP contribution in [0.25, 0.3) is 0 Å². The molecule has 4 rings (SSSR count). The van der Waals surface area contributed by atoms with Gasteiger partial charge in [-0.15, -0.1) is 23.1 Å². The van der Waals surface area contributed by atoms with E-state index in [1.54, 1.807) is 17.8 Å². The van der Waals surface area contributed by atoms with Gasteiger partial charge in [-0.3, -0.25) is 14.5 Å². The first-order valence-electron chi connectivity index (χ1n) is 8.99. The Kier molecular flexibility index (Phi) is 5.24. The number of aryl methyl sites for hydroxylation is 2. The summed E-state index contributed by atoms with van der Waals surface area (Å²) in [6, 6.07) is 17.5. The Balaban J connectivity index is 1.68. The van der Waals surface area contributed by atoms with Crippen LogP contribution in [0.4, 0.5) is 11.4 Å². The number of para-hydroxylation sites is 1. The topological polar surface area (TPSA) is 49.4 Å². The van der Waals surface area contributed by atoms with Crippen LogP contribution < -0.4 is 10.2 Å². The molecule has 1 aliphatic heterocycles. The van der Waals surface area contributed by atoms with E-state index in [9.17, 15) is 9.59 Å². The minimum atomic E-state index is -0.172. The Morgan fingerprint density at radius 3 is 2.64 bits per heavy atom. The molecule has 4 nitrogen and oxygen atoms in total. The van der Waals surface area contributed by atoms with Crippen LogP contribution in [0.15, 0.2) is 60.0 Å². The highest BCUT2D eigenvalue weighted by Crippen LogP contribution is 2.44. The highest BCUT2D eigenvalue weighted by Gasteiger charge is 2.35. The zero-order chi connectivity index (χ0) is 19.7. The van der Waals surface area contributed by atoms with Crippen molar-refractivity contribution in [2.75, 3.05) is 16.0 Å². The van der Waals surface area contributed by atoms with E-state index in [1.807, 2.05) is 52.7 Å². The van der Waals surface area contributed by atoms with E-state index < -0.39 is 0 Å². The first-order chi connectivity index (χ1) is 13.5. The van der Waals surface area contributed by atoms with E-state index in [0.29, 0.717) is 10.6 Å². The molecule has 28 heavy (non-hydrogen) atoms. The molecule has 0 unspecified atom stereocenters. The molecule has 0 bridgehead atoms. The summed E-state index contributed by atoms with van der Waals surface area (Å²) in [5, 5.41) is 4.73. The molecule has 0 saturated carbocycles. The maximum atomic E-state index is 12.7. The molecular weight excluding hydrogens is 388 g/mol. The van der Waals surface area contributed by atoms with E-state index in [1.165, 1.54) is 16.9 Å². The summed E-state index contributed by atoms with van der Waals surface area (Å²) in [4.78, 5) is 27.8. The van der Waals surface area contributed by atoms with Crippen molar-refractivity contribution in [3.63, 3.8) is 0 Å². The summed E-state index contributed by atoms with van der Waals surface area (Å²) in [6.07, 6.45) is 0. The second-order valence-electron chi connectivity index (χ2n) is 6.71. The standard InChI is InChI=1S/C22H20N2O2S2/c1-14-9-10-16(12-15(14)2)24-20(25)13-28-22(24)17-6-3-4-7-18(17)23-21(26)19-8-5-11-27-19/h3-12,22H,13H2,1-2H3,(H,23,26)/t22-/m0/s1. The maximum Gasteiger partial charge on any atom is 0.265 e. The zero-order valence-electron chi connectivity index (χ0n) is 15.6. The van der Waals surface area contributed by atoms with E-state index in [-0.39, 0.29) is 17.2 Å². The molecule has 1 aromatic heterocycles. The normalized spacial score (nSPS) is 16.4. The van der Waals surface area contributed by atoms with E-state index in [2.05, 4.69) is 25.2 Å². The number of nitrogens with zero attached hydrogens (tertiary/aromatic N) is 1. The monoisotopic (exact) mass is 408 g/mol. The van der Waals surface area contributed by atoms with Gasteiger partial charge in [0.2, 0.25) is 5.91 Å². The molecule has 2 heterocycles. The third-order valence-corrected chi connectivity index (χ3v) is 6.92. The predicted octanol–water partition coefficient (Wildman–Crippen LogP) is 5.40. The van der Waals surface area contributed by atoms with Crippen LogP contribution >= 0.6 is 23.1 Å². The lowest BCUT2D eigenvalue weighted by Gasteiger charge is -2.26. The van der Waals surface area contributed by atoms with Crippen LogP contribution in [-0.2, 0) is 4.79 Å². The van der Waals surface area contributed by atoms with Crippen molar-refractivity contribution in [1.29, 1.82) is 0 Å². The first-order valence-corrected chi connectivity index (χ1v) is 10.9. The minimum absolute atomic E-state index is 0.0811. The number of thiophene rings is 1. The molecule has 1 atom stereocenters.